The quantitative estimate of drug-likeness (QED) is 0.505. The molecule has 0 saturated heterocycles. The highest BCUT2D eigenvalue weighted by atomic mass is 32.1. The zero-order valence-corrected chi connectivity index (χ0v) is 16.7. The van der Waals surface area contributed by atoms with Crippen LogP contribution in [0.25, 0.3) is 11.1 Å². The number of rotatable bonds is 4. The van der Waals surface area contributed by atoms with Crippen molar-refractivity contribution >= 4 is 39.7 Å². The Hall–Kier alpha value is -2.64. The molecular weight excluding hydrogens is 392 g/mol. The molecule has 5 rings (SSSR count). The molecule has 0 N–H and O–H groups in total. The second kappa shape index (κ2) is 7.07. The summed E-state index contributed by atoms with van der Waals surface area (Å²) in [7, 11) is 0. The predicted molar refractivity (Wildman–Crippen MR) is 111 cm³/mol. The largest absolute Gasteiger partial charge is 0.419 e. The minimum absolute atomic E-state index is 0.0275. The number of amides is 1. The summed E-state index contributed by atoms with van der Waals surface area (Å²) in [5.74, 6) is -0.352. The summed E-state index contributed by atoms with van der Waals surface area (Å²) < 4.78 is 6.83. The van der Waals surface area contributed by atoms with Crippen LogP contribution in [0.3, 0.4) is 0 Å². The van der Waals surface area contributed by atoms with Gasteiger partial charge in [0.15, 0.2) is 5.58 Å². The Morgan fingerprint density at radius 3 is 2.86 bits per heavy atom. The molecule has 3 aromatic heterocycles. The van der Waals surface area contributed by atoms with E-state index < -0.39 is 5.76 Å². The molecule has 0 fully saturated rings. The molecule has 1 aliphatic heterocycles. The number of aryl methyl sites for hydroxylation is 1. The topological polar surface area (TPSA) is 55.5 Å². The number of para-hydroxylation sites is 2. The van der Waals surface area contributed by atoms with Crippen LogP contribution in [-0.2, 0) is 17.8 Å². The third-order valence-electron chi connectivity index (χ3n) is 5.22. The molecule has 5 nitrogen and oxygen atoms in total. The summed E-state index contributed by atoms with van der Waals surface area (Å²) in [6, 6.07) is 13.5. The van der Waals surface area contributed by atoms with Gasteiger partial charge in [-0.15, -0.1) is 22.7 Å². The van der Waals surface area contributed by atoms with Crippen LogP contribution < -0.4 is 5.76 Å². The van der Waals surface area contributed by atoms with E-state index in [0.717, 1.165) is 11.9 Å². The summed E-state index contributed by atoms with van der Waals surface area (Å²) in [5, 5.41) is 4.16. The fraction of sp³-hybridized carbons (Fsp3) is 0.238. The zero-order valence-electron chi connectivity index (χ0n) is 15.0. The molecule has 142 valence electrons. The van der Waals surface area contributed by atoms with Crippen molar-refractivity contribution in [3.63, 3.8) is 0 Å². The van der Waals surface area contributed by atoms with E-state index in [0.29, 0.717) is 18.7 Å². The van der Waals surface area contributed by atoms with Gasteiger partial charge >= 0.3 is 5.76 Å². The summed E-state index contributed by atoms with van der Waals surface area (Å²) in [5.41, 5.74) is 2.52. The number of nitrogens with zero attached hydrogens (tertiary/aromatic N) is 2. The Balaban J connectivity index is 1.41. The van der Waals surface area contributed by atoms with E-state index in [2.05, 4.69) is 22.9 Å². The lowest BCUT2D eigenvalue weighted by molar-refractivity contribution is -0.133. The molecule has 0 saturated carbocycles. The van der Waals surface area contributed by atoms with E-state index in [-0.39, 0.29) is 18.4 Å². The molecule has 0 unspecified atom stereocenters. The van der Waals surface area contributed by atoms with Crippen molar-refractivity contribution in [3.05, 3.63) is 79.1 Å². The van der Waals surface area contributed by atoms with E-state index in [1.807, 2.05) is 29.2 Å². The van der Waals surface area contributed by atoms with Crippen LogP contribution in [0.1, 0.15) is 27.8 Å². The highest BCUT2D eigenvalue weighted by Crippen LogP contribution is 2.39. The van der Waals surface area contributed by atoms with E-state index in [4.69, 9.17) is 4.42 Å². The molecule has 1 aromatic carbocycles. The van der Waals surface area contributed by atoms with E-state index >= 15 is 0 Å². The first-order valence-corrected chi connectivity index (χ1v) is 11.0. The minimum atomic E-state index is -0.414. The Kier molecular flexibility index (Phi) is 4.41. The first-order valence-electron chi connectivity index (χ1n) is 9.20. The average Bonchev–Trinajstić information content (AvgIpc) is 3.44. The van der Waals surface area contributed by atoms with Gasteiger partial charge in [0.1, 0.15) is 0 Å². The molecule has 0 radical (unpaired) electrons. The van der Waals surface area contributed by atoms with Crippen LogP contribution in [0.5, 0.6) is 0 Å². The Morgan fingerprint density at radius 2 is 2.00 bits per heavy atom. The molecule has 0 aliphatic carbocycles. The summed E-state index contributed by atoms with van der Waals surface area (Å²) in [6.07, 6.45) is 1.15. The van der Waals surface area contributed by atoms with Gasteiger partial charge in [-0.3, -0.25) is 9.36 Å². The van der Waals surface area contributed by atoms with Crippen molar-refractivity contribution in [2.75, 3.05) is 6.54 Å². The molecular formula is C21H18N2O3S2. The Labute approximate surface area is 169 Å². The second-order valence-corrected chi connectivity index (χ2v) is 8.77. The van der Waals surface area contributed by atoms with Crippen molar-refractivity contribution < 1.29 is 9.21 Å². The first kappa shape index (κ1) is 17.5. The summed E-state index contributed by atoms with van der Waals surface area (Å²) in [4.78, 5) is 29.9. The number of carbonyl (C=O) groups excluding carboxylic acids is 1. The number of benzene rings is 1. The smallest absolute Gasteiger partial charge is 0.408 e. The second-order valence-electron chi connectivity index (χ2n) is 6.79. The van der Waals surface area contributed by atoms with E-state index in [9.17, 15) is 9.59 Å². The summed E-state index contributed by atoms with van der Waals surface area (Å²) in [6.45, 7) is 1.02. The molecule has 4 aromatic rings. The van der Waals surface area contributed by atoms with Crippen molar-refractivity contribution in [2.24, 2.45) is 0 Å². The SMILES string of the molecule is O=C(CCn1c(=O)oc2ccccc21)N1CCc2sccc2[C@@H]1c1cccs1. The molecule has 7 heteroatoms. The number of oxazole rings is 1. The van der Waals surface area contributed by atoms with Gasteiger partial charge in [0.2, 0.25) is 5.91 Å². The van der Waals surface area contributed by atoms with Crippen LogP contribution in [0, 0.1) is 0 Å². The molecule has 1 amide bonds. The van der Waals surface area contributed by atoms with Gasteiger partial charge in [-0.25, -0.2) is 4.79 Å². The molecule has 4 heterocycles. The fourth-order valence-corrected chi connectivity index (χ4v) is 5.67. The van der Waals surface area contributed by atoms with Crippen LogP contribution in [0.2, 0.25) is 0 Å². The fourth-order valence-electron chi connectivity index (χ4n) is 3.92. The maximum absolute atomic E-state index is 13.2. The lowest BCUT2D eigenvalue weighted by Gasteiger charge is -2.35. The third kappa shape index (κ3) is 2.91. The number of hydrogen-bond donors (Lipinski definition) is 0. The van der Waals surface area contributed by atoms with Gasteiger partial charge in [0, 0.05) is 29.3 Å². The minimum Gasteiger partial charge on any atom is -0.408 e. The normalized spacial score (nSPS) is 16.4. The number of thiophene rings is 2. The van der Waals surface area contributed by atoms with Gasteiger partial charge in [-0.2, -0.15) is 0 Å². The number of hydrogen-bond acceptors (Lipinski definition) is 5. The first-order chi connectivity index (χ1) is 13.7. The third-order valence-corrected chi connectivity index (χ3v) is 7.14. The lowest BCUT2D eigenvalue weighted by atomic mass is 9.98. The van der Waals surface area contributed by atoms with Gasteiger partial charge in [0.05, 0.1) is 11.6 Å². The highest BCUT2D eigenvalue weighted by Gasteiger charge is 2.33. The standard InChI is InChI=1S/C21H18N2O3S2/c24-19(8-11-22-15-4-1-2-5-16(15)26-21(22)25)23-10-7-17-14(9-13-28-17)20(23)18-6-3-12-27-18/h1-6,9,12-13,20H,7-8,10-11H2/t20-/m1/s1. The van der Waals surface area contributed by atoms with Crippen molar-refractivity contribution in [2.45, 2.75) is 25.4 Å². The van der Waals surface area contributed by atoms with Crippen LogP contribution >= 0.6 is 22.7 Å². The van der Waals surface area contributed by atoms with Crippen molar-refractivity contribution in [1.82, 2.24) is 9.47 Å². The molecule has 0 spiro atoms. The average molecular weight is 411 g/mol. The van der Waals surface area contributed by atoms with Gasteiger partial charge < -0.3 is 9.32 Å². The summed E-state index contributed by atoms with van der Waals surface area (Å²) >= 11 is 3.44. The van der Waals surface area contributed by atoms with E-state index in [1.54, 1.807) is 33.3 Å². The van der Waals surface area contributed by atoms with Crippen LogP contribution in [-0.4, -0.2) is 21.9 Å². The maximum atomic E-state index is 13.2. The molecule has 28 heavy (non-hydrogen) atoms. The van der Waals surface area contributed by atoms with Gasteiger partial charge in [-0.05, 0) is 47.0 Å². The Morgan fingerprint density at radius 1 is 1.11 bits per heavy atom. The predicted octanol–water partition coefficient (Wildman–Crippen LogP) is 4.28. The number of aromatic nitrogens is 1. The maximum Gasteiger partial charge on any atom is 0.419 e. The van der Waals surface area contributed by atoms with Gasteiger partial charge in [0.25, 0.3) is 0 Å². The van der Waals surface area contributed by atoms with Crippen molar-refractivity contribution in [1.29, 1.82) is 0 Å². The number of carbonyl (C=O) groups is 1. The Bertz CT molecular complexity index is 1190. The lowest BCUT2D eigenvalue weighted by Crippen LogP contribution is -2.40. The number of fused-ring (bicyclic) bond motifs is 2. The highest BCUT2D eigenvalue weighted by molar-refractivity contribution is 7.10. The molecule has 0 bridgehead atoms. The molecule has 1 aliphatic rings. The van der Waals surface area contributed by atoms with Crippen molar-refractivity contribution in [3.8, 4) is 0 Å². The van der Waals surface area contributed by atoms with Crippen LogP contribution in [0.4, 0.5) is 0 Å². The molecule has 1 atom stereocenters. The zero-order chi connectivity index (χ0) is 19.1. The van der Waals surface area contributed by atoms with E-state index in [1.165, 1.54) is 15.3 Å². The van der Waals surface area contributed by atoms with Gasteiger partial charge in [-0.1, -0.05) is 18.2 Å². The monoisotopic (exact) mass is 410 g/mol. The van der Waals surface area contributed by atoms with Crippen LogP contribution in [0.15, 0.2) is 62.4 Å².